The highest BCUT2D eigenvalue weighted by Crippen LogP contribution is 2.22. The number of aromatic nitrogens is 1. The molecule has 142 valence electrons. The van der Waals surface area contributed by atoms with Crippen LogP contribution in [0.4, 0.5) is 10.1 Å². The van der Waals surface area contributed by atoms with Gasteiger partial charge in [0.05, 0.1) is 18.4 Å². The molecular formula is C20H15ClFN3O3. The Hall–Kier alpha value is -3.45. The normalized spacial score (nSPS) is 10.2. The number of nitrogens with zero attached hydrogens (tertiary/aromatic N) is 1. The minimum Gasteiger partial charge on any atom is -0.439 e. The molecule has 0 radical (unpaired) electrons. The number of nitrogens with one attached hydrogen (secondary N) is 2. The summed E-state index contributed by atoms with van der Waals surface area (Å²) < 4.78 is 18.4. The molecule has 3 aromatic rings. The zero-order valence-electron chi connectivity index (χ0n) is 14.5. The van der Waals surface area contributed by atoms with Crippen LogP contribution in [0.1, 0.15) is 10.4 Å². The summed E-state index contributed by atoms with van der Waals surface area (Å²) in [5, 5.41) is 5.67. The van der Waals surface area contributed by atoms with Gasteiger partial charge in [-0.25, -0.2) is 9.37 Å². The third-order valence-corrected chi connectivity index (χ3v) is 3.82. The van der Waals surface area contributed by atoms with Crippen molar-refractivity contribution < 1.29 is 18.7 Å². The van der Waals surface area contributed by atoms with Crippen molar-refractivity contribution in [1.82, 2.24) is 10.3 Å². The van der Waals surface area contributed by atoms with E-state index in [1.165, 1.54) is 30.5 Å². The molecule has 0 bridgehead atoms. The summed E-state index contributed by atoms with van der Waals surface area (Å²) in [6, 6.07) is 15.1. The predicted octanol–water partition coefficient (Wildman–Crippen LogP) is 4.03. The lowest BCUT2D eigenvalue weighted by Gasteiger charge is -2.08. The fourth-order valence-corrected chi connectivity index (χ4v) is 2.33. The van der Waals surface area contributed by atoms with Crippen molar-refractivity contribution in [1.29, 1.82) is 0 Å². The minimum atomic E-state index is -0.472. The van der Waals surface area contributed by atoms with E-state index in [9.17, 15) is 14.0 Å². The van der Waals surface area contributed by atoms with E-state index < -0.39 is 17.6 Å². The first kappa shape index (κ1) is 19.3. The Kier molecular flexibility index (Phi) is 6.18. The van der Waals surface area contributed by atoms with E-state index in [-0.39, 0.29) is 12.1 Å². The molecule has 0 aliphatic rings. The molecule has 0 unspecified atom stereocenters. The van der Waals surface area contributed by atoms with Gasteiger partial charge in [-0.2, -0.15) is 0 Å². The van der Waals surface area contributed by atoms with Crippen molar-refractivity contribution in [3.8, 4) is 11.6 Å². The monoisotopic (exact) mass is 399 g/mol. The highest BCUT2D eigenvalue weighted by atomic mass is 35.5. The van der Waals surface area contributed by atoms with Crippen molar-refractivity contribution in [2.24, 2.45) is 0 Å². The van der Waals surface area contributed by atoms with Gasteiger partial charge in [-0.15, -0.1) is 0 Å². The number of halogens is 2. The van der Waals surface area contributed by atoms with Crippen LogP contribution in [0.15, 0.2) is 66.9 Å². The highest BCUT2D eigenvalue weighted by molar-refractivity contribution is 6.30. The summed E-state index contributed by atoms with van der Waals surface area (Å²) in [6.45, 7) is -0.237. The van der Waals surface area contributed by atoms with Crippen molar-refractivity contribution in [3.63, 3.8) is 0 Å². The smallest absolute Gasteiger partial charge is 0.251 e. The third-order valence-electron chi connectivity index (χ3n) is 3.57. The van der Waals surface area contributed by atoms with Crippen molar-refractivity contribution in [2.45, 2.75) is 0 Å². The predicted molar refractivity (Wildman–Crippen MR) is 103 cm³/mol. The third kappa shape index (κ3) is 5.52. The molecule has 28 heavy (non-hydrogen) atoms. The summed E-state index contributed by atoms with van der Waals surface area (Å²) in [6.07, 6.45) is 1.44. The van der Waals surface area contributed by atoms with Gasteiger partial charge >= 0.3 is 0 Å². The fraction of sp³-hybridized carbons (Fsp3) is 0.0500. The molecule has 0 saturated heterocycles. The minimum absolute atomic E-state index is 0.237. The molecule has 0 saturated carbocycles. The number of pyridine rings is 1. The van der Waals surface area contributed by atoms with E-state index >= 15 is 0 Å². The molecule has 0 spiro atoms. The summed E-state index contributed by atoms with van der Waals surface area (Å²) in [5.41, 5.74) is 0.712. The van der Waals surface area contributed by atoms with E-state index in [1.54, 1.807) is 36.4 Å². The van der Waals surface area contributed by atoms with Crippen LogP contribution in [0.3, 0.4) is 0 Å². The highest BCUT2D eigenvalue weighted by Gasteiger charge is 2.09. The summed E-state index contributed by atoms with van der Waals surface area (Å²) in [5.74, 6) is -0.406. The standard InChI is InChI=1S/C20H15ClFN3O3/c21-14-3-8-17(9-4-14)28-19-10-7-16(11-23-19)25-18(26)12-24-20(27)13-1-5-15(22)6-2-13/h1-11H,12H2,(H,24,27)(H,25,26). The lowest BCUT2D eigenvalue weighted by Crippen LogP contribution is -2.32. The molecule has 1 aromatic heterocycles. The summed E-state index contributed by atoms with van der Waals surface area (Å²) in [4.78, 5) is 28.0. The van der Waals surface area contributed by atoms with Crippen LogP contribution in [0.2, 0.25) is 5.02 Å². The van der Waals surface area contributed by atoms with Gasteiger partial charge in [0, 0.05) is 16.7 Å². The Labute approximate surface area is 165 Å². The topological polar surface area (TPSA) is 80.3 Å². The van der Waals surface area contributed by atoms with Crippen LogP contribution >= 0.6 is 11.6 Å². The molecule has 3 rings (SSSR count). The van der Waals surface area contributed by atoms with E-state index in [0.29, 0.717) is 22.3 Å². The Morgan fingerprint density at radius 2 is 1.71 bits per heavy atom. The second-order valence-electron chi connectivity index (χ2n) is 5.68. The number of anilines is 1. The molecular weight excluding hydrogens is 385 g/mol. The molecule has 0 aliphatic heterocycles. The first-order chi connectivity index (χ1) is 13.5. The Morgan fingerprint density at radius 3 is 2.36 bits per heavy atom. The molecule has 0 atom stereocenters. The maximum absolute atomic E-state index is 12.9. The molecule has 2 N–H and O–H groups in total. The molecule has 6 nitrogen and oxygen atoms in total. The number of carbonyl (C=O) groups excluding carboxylic acids is 2. The Bertz CT molecular complexity index is 961. The van der Waals surface area contributed by atoms with E-state index in [2.05, 4.69) is 15.6 Å². The second-order valence-corrected chi connectivity index (χ2v) is 6.12. The van der Waals surface area contributed by atoms with Crippen LogP contribution in [0.25, 0.3) is 0 Å². The lowest BCUT2D eigenvalue weighted by molar-refractivity contribution is -0.115. The molecule has 0 fully saturated rings. The van der Waals surface area contributed by atoms with Crippen LogP contribution in [-0.4, -0.2) is 23.3 Å². The number of carbonyl (C=O) groups is 2. The van der Waals surface area contributed by atoms with Gasteiger partial charge in [-0.1, -0.05) is 11.6 Å². The fourth-order valence-electron chi connectivity index (χ4n) is 2.21. The lowest BCUT2D eigenvalue weighted by atomic mass is 10.2. The number of hydrogen-bond donors (Lipinski definition) is 2. The van der Waals surface area contributed by atoms with Crippen LogP contribution in [0, 0.1) is 5.82 Å². The average Bonchev–Trinajstić information content (AvgIpc) is 2.70. The first-order valence-electron chi connectivity index (χ1n) is 8.23. The van der Waals surface area contributed by atoms with E-state index in [1.807, 2.05) is 0 Å². The Balaban J connectivity index is 1.49. The van der Waals surface area contributed by atoms with Gasteiger partial charge in [0.25, 0.3) is 5.91 Å². The SMILES string of the molecule is O=C(CNC(=O)c1ccc(F)cc1)Nc1ccc(Oc2ccc(Cl)cc2)nc1. The van der Waals surface area contributed by atoms with Crippen LogP contribution in [0.5, 0.6) is 11.6 Å². The number of amides is 2. The van der Waals surface area contributed by atoms with Gasteiger partial charge < -0.3 is 15.4 Å². The molecule has 0 aliphatic carbocycles. The Morgan fingerprint density at radius 1 is 1.00 bits per heavy atom. The summed E-state index contributed by atoms with van der Waals surface area (Å²) >= 11 is 5.82. The van der Waals surface area contributed by atoms with Crippen molar-refractivity contribution in [3.05, 3.63) is 83.3 Å². The maximum atomic E-state index is 12.9. The van der Waals surface area contributed by atoms with Gasteiger partial charge in [0.2, 0.25) is 11.8 Å². The molecule has 2 amide bonds. The van der Waals surface area contributed by atoms with Gasteiger partial charge in [0.1, 0.15) is 11.6 Å². The zero-order valence-corrected chi connectivity index (χ0v) is 15.2. The van der Waals surface area contributed by atoms with Crippen molar-refractivity contribution >= 4 is 29.1 Å². The largest absolute Gasteiger partial charge is 0.439 e. The van der Waals surface area contributed by atoms with Crippen LogP contribution in [-0.2, 0) is 4.79 Å². The van der Waals surface area contributed by atoms with Gasteiger partial charge in [-0.05, 0) is 54.6 Å². The maximum Gasteiger partial charge on any atom is 0.251 e. The number of rotatable bonds is 6. The zero-order chi connectivity index (χ0) is 19.9. The molecule has 1 heterocycles. The van der Waals surface area contributed by atoms with Gasteiger partial charge in [-0.3, -0.25) is 9.59 Å². The quantitative estimate of drug-likeness (QED) is 0.655. The first-order valence-corrected chi connectivity index (χ1v) is 8.60. The average molecular weight is 400 g/mol. The summed E-state index contributed by atoms with van der Waals surface area (Å²) in [7, 11) is 0. The van der Waals surface area contributed by atoms with Crippen LogP contribution < -0.4 is 15.4 Å². The van der Waals surface area contributed by atoms with E-state index in [0.717, 1.165) is 0 Å². The number of hydrogen-bond acceptors (Lipinski definition) is 4. The van der Waals surface area contributed by atoms with E-state index in [4.69, 9.17) is 16.3 Å². The number of ether oxygens (including phenoxy) is 1. The number of benzene rings is 2. The molecule has 2 aromatic carbocycles. The van der Waals surface area contributed by atoms with Crippen molar-refractivity contribution in [2.75, 3.05) is 11.9 Å². The molecule has 8 heteroatoms. The second kappa shape index (κ2) is 8.96. The van der Waals surface area contributed by atoms with Gasteiger partial charge in [0.15, 0.2) is 0 Å².